The monoisotopic (exact) mass is 689 g/mol. The number of thiazole rings is 1. The third-order valence-corrected chi connectivity index (χ3v) is 11.1. The molecule has 5 heterocycles. The molecule has 50 heavy (non-hydrogen) atoms. The van der Waals surface area contributed by atoms with Gasteiger partial charge in [0, 0.05) is 41.0 Å². The van der Waals surface area contributed by atoms with Crippen molar-refractivity contribution >= 4 is 33.3 Å². The molecule has 2 aliphatic rings. The van der Waals surface area contributed by atoms with E-state index in [9.17, 15) is 19.8 Å². The Kier molecular flexibility index (Phi) is 8.76. The van der Waals surface area contributed by atoms with Crippen molar-refractivity contribution in [2.45, 2.75) is 58.5 Å². The van der Waals surface area contributed by atoms with E-state index in [1.54, 1.807) is 6.07 Å². The molecule has 2 aliphatic heterocycles. The summed E-state index contributed by atoms with van der Waals surface area (Å²) in [5.41, 5.74) is 5.41. The van der Waals surface area contributed by atoms with E-state index in [1.165, 1.54) is 17.4 Å². The lowest BCUT2D eigenvalue weighted by Crippen LogP contribution is -2.19. The van der Waals surface area contributed by atoms with Crippen molar-refractivity contribution in [1.29, 1.82) is 0 Å². The van der Waals surface area contributed by atoms with Crippen molar-refractivity contribution in [3.8, 4) is 33.2 Å². The maximum atomic E-state index is 13.4. The summed E-state index contributed by atoms with van der Waals surface area (Å²) in [6.45, 7) is 6.52. The number of benzene rings is 3. The van der Waals surface area contributed by atoms with Crippen molar-refractivity contribution in [2.75, 3.05) is 26.2 Å². The molecule has 2 fully saturated rings. The molecule has 0 aliphatic carbocycles. The van der Waals surface area contributed by atoms with Crippen LogP contribution in [0.3, 0.4) is 0 Å². The third-order valence-electron chi connectivity index (χ3n) is 10.1. The van der Waals surface area contributed by atoms with Gasteiger partial charge in [-0.15, -0.1) is 11.3 Å². The molecule has 2 saturated heterocycles. The van der Waals surface area contributed by atoms with Gasteiger partial charge in [-0.3, -0.25) is 9.80 Å². The van der Waals surface area contributed by atoms with Crippen LogP contribution in [0.25, 0.3) is 43.6 Å². The molecule has 2 N–H and O–H groups in total. The first-order valence-corrected chi connectivity index (χ1v) is 18.3. The molecule has 9 nitrogen and oxygen atoms in total. The predicted molar refractivity (Wildman–Crippen MR) is 196 cm³/mol. The van der Waals surface area contributed by atoms with Gasteiger partial charge in [0.05, 0.1) is 16.7 Å². The van der Waals surface area contributed by atoms with Gasteiger partial charge in [-0.2, -0.15) is 0 Å². The number of aromatic hydroxyl groups is 2. The van der Waals surface area contributed by atoms with Crippen LogP contribution in [0.4, 0.5) is 0 Å². The molecule has 0 unspecified atom stereocenters. The Labute approximate surface area is 293 Å². The number of nitrogens with zero attached hydrogens (tertiary/aromatic N) is 3. The second kappa shape index (κ2) is 13.5. The number of likely N-dealkylation sites (tertiary alicyclic amines) is 2. The number of aryl methyl sites for hydroxylation is 3. The summed E-state index contributed by atoms with van der Waals surface area (Å²) in [5, 5.41) is 27.3. The number of phenols is 2. The second-order valence-electron chi connectivity index (χ2n) is 13.6. The first-order chi connectivity index (χ1) is 24.3. The van der Waals surface area contributed by atoms with E-state index in [2.05, 4.69) is 14.8 Å². The highest BCUT2D eigenvalue weighted by atomic mass is 32.1. The molecule has 3 aromatic carbocycles. The van der Waals surface area contributed by atoms with Crippen molar-refractivity contribution in [3.05, 3.63) is 109 Å². The first kappa shape index (κ1) is 32.4. The predicted octanol–water partition coefficient (Wildman–Crippen LogP) is 7.39. The maximum absolute atomic E-state index is 13.4. The van der Waals surface area contributed by atoms with E-state index in [4.69, 9.17) is 8.83 Å². The highest BCUT2D eigenvalue weighted by molar-refractivity contribution is 7.13. The van der Waals surface area contributed by atoms with Gasteiger partial charge in [-0.25, -0.2) is 14.6 Å². The number of hydrogen-bond donors (Lipinski definition) is 2. The normalized spacial score (nSPS) is 15.5. The molecular weight excluding hydrogens is 651 g/mol. The van der Waals surface area contributed by atoms with E-state index in [-0.39, 0.29) is 11.5 Å². The smallest absolute Gasteiger partial charge is 0.346 e. The number of phenolic OH excluding ortho intramolecular Hbond substituents is 2. The summed E-state index contributed by atoms with van der Waals surface area (Å²) in [6, 6.07) is 16.8. The largest absolute Gasteiger partial charge is 0.507 e. The van der Waals surface area contributed by atoms with E-state index >= 15 is 0 Å². The third kappa shape index (κ3) is 6.23. The van der Waals surface area contributed by atoms with Crippen LogP contribution in [-0.2, 0) is 25.9 Å². The van der Waals surface area contributed by atoms with Gasteiger partial charge in [0.1, 0.15) is 27.7 Å². The van der Waals surface area contributed by atoms with Crippen LogP contribution in [0.5, 0.6) is 11.5 Å². The van der Waals surface area contributed by atoms with E-state index in [0.717, 1.165) is 85.0 Å². The summed E-state index contributed by atoms with van der Waals surface area (Å²) in [4.78, 5) is 35.4. The number of hydrogen-bond acceptors (Lipinski definition) is 10. The van der Waals surface area contributed by atoms with Crippen LogP contribution in [0.15, 0.2) is 78.4 Å². The zero-order valence-electron chi connectivity index (χ0n) is 28.0. The van der Waals surface area contributed by atoms with E-state index < -0.39 is 11.3 Å². The molecule has 3 aromatic heterocycles. The fourth-order valence-electron chi connectivity index (χ4n) is 7.57. The van der Waals surface area contributed by atoms with Gasteiger partial charge in [0.25, 0.3) is 0 Å². The van der Waals surface area contributed by atoms with Crippen LogP contribution < -0.4 is 11.3 Å². The minimum absolute atomic E-state index is 0.0889. The van der Waals surface area contributed by atoms with Gasteiger partial charge >= 0.3 is 11.3 Å². The van der Waals surface area contributed by atoms with Crippen LogP contribution in [0, 0.1) is 6.92 Å². The summed E-state index contributed by atoms with van der Waals surface area (Å²) in [5.74, 6) is 0.202. The molecule has 0 radical (unpaired) electrons. The molecule has 0 amide bonds. The number of aromatic nitrogens is 1. The van der Waals surface area contributed by atoms with E-state index in [1.807, 2.05) is 54.8 Å². The average Bonchev–Trinajstić information content (AvgIpc) is 3.91. The molecule has 6 aromatic rings. The fourth-order valence-corrected chi connectivity index (χ4v) is 8.37. The van der Waals surface area contributed by atoms with Gasteiger partial charge in [-0.05, 0) is 112 Å². The van der Waals surface area contributed by atoms with Gasteiger partial charge < -0.3 is 19.0 Å². The van der Waals surface area contributed by atoms with Crippen LogP contribution in [0.1, 0.15) is 53.6 Å². The van der Waals surface area contributed by atoms with Crippen molar-refractivity contribution in [2.24, 2.45) is 0 Å². The molecule has 0 saturated carbocycles. The molecule has 0 atom stereocenters. The highest BCUT2D eigenvalue weighted by Gasteiger charge is 2.25. The summed E-state index contributed by atoms with van der Waals surface area (Å²) >= 11 is 1.40. The second-order valence-corrected chi connectivity index (χ2v) is 14.4. The standard InChI is InChI=1S/C40H39N3O6S/c1-24-23-50-39(41-24)31-19-29-26(18-34(44)32(37(29)49-40(31)47)21-42-13-5-6-14-42)11-12-27-17-30-28(25-9-3-2-4-10-25)20-35(45)48-38(30)33(36(27)46)22-43-15-7-8-16-43/h2-4,9-10,17-20,23,44,46H,5-8,11-16,21-22H2,1H3. The summed E-state index contributed by atoms with van der Waals surface area (Å²) in [7, 11) is 0. The van der Waals surface area contributed by atoms with Crippen molar-refractivity contribution < 1.29 is 19.0 Å². The zero-order valence-corrected chi connectivity index (χ0v) is 28.9. The molecular formula is C40H39N3O6S. The fraction of sp³-hybridized carbons (Fsp3) is 0.325. The molecule has 0 spiro atoms. The maximum Gasteiger partial charge on any atom is 0.346 e. The number of fused-ring (bicyclic) bond motifs is 2. The Bertz CT molecular complexity index is 2330. The Hall–Kier alpha value is -4.77. The first-order valence-electron chi connectivity index (χ1n) is 17.4. The SMILES string of the molecule is Cc1csc(-c2cc3c(CCc4cc5c(-c6ccccc6)cc(=O)oc5c(CN5CCCC5)c4O)cc(O)c(CN4CCCC4)c3oc2=O)n1. The minimum Gasteiger partial charge on any atom is -0.507 e. The topological polar surface area (TPSA) is 120 Å². The Morgan fingerprint density at radius 2 is 1.42 bits per heavy atom. The molecule has 8 rings (SSSR count). The minimum atomic E-state index is -0.486. The quantitative estimate of drug-likeness (QED) is 0.150. The Morgan fingerprint density at radius 1 is 0.760 bits per heavy atom. The van der Waals surface area contributed by atoms with E-state index in [0.29, 0.717) is 64.4 Å². The lowest BCUT2D eigenvalue weighted by molar-refractivity contribution is 0.322. The molecule has 0 bridgehead atoms. The summed E-state index contributed by atoms with van der Waals surface area (Å²) in [6.07, 6.45) is 5.23. The van der Waals surface area contributed by atoms with Gasteiger partial charge in [-0.1, -0.05) is 30.3 Å². The van der Waals surface area contributed by atoms with Gasteiger partial charge in [0.15, 0.2) is 0 Å². The van der Waals surface area contributed by atoms with Crippen molar-refractivity contribution in [1.82, 2.24) is 14.8 Å². The highest BCUT2D eigenvalue weighted by Crippen LogP contribution is 2.39. The van der Waals surface area contributed by atoms with Crippen molar-refractivity contribution in [3.63, 3.8) is 0 Å². The lowest BCUT2D eigenvalue weighted by Gasteiger charge is -2.20. The summed E-state index contributed by atoms with van der Waals surface area (Å²) < 4.78 is 11.9. The number of rotatable bonds is 9. The van der Waals surface area contributed by atoms with Crippen LogP contribution in [-0.4, -0.2) is 51.2 Å². The Balaban J connectivity index is 1.25. The molecule has 10 heteroatoms. The van der Waals surface area contributed by atoms with Crippen LogP contribution in [0.2, 0.25) is 0 Å². The zero-order chi connectivity index (χ0) is 34.4. The lowest BCUT2D eigenvalue weighted by atomic mass is 9.93. The van der Waals surface area contributed by atoms with Gasteiger partial charge in [0.2, 0.25) is 0 Å². The van der Waals surface area contributed by atoms with Crippen LogP contribution >= 0.6 is 11.3 Å². The average molecular weight is 690 g/mol. The molecule has 256 valence electrons. The Morgan fingerprint density at radius 3 is 2.10 bits per heavy atom.